The molecule has 0 radical (unpaired) electrons. The minimum atomic E-state index is -1.09. The number of morpholine rings is 1. The summed E-state index contributed by atoms with van der Waals surface area (Å²) < 4.78 is 5.53. The molecule has 3 atom stereocenters. The molecule has 2 saturated heterocycles. The molecule has 7 nitrogen and oxygen atoms in total. The second-order valence-electron chi connectivity index (χ2n) is 5.88. The number of likely N-dealkylation sites (tertiary alicyclic amines) is 1. The van der Waals surface area contributed by atoms with Crippen LogP contribution in [0.1, 0.15) is 33.1 Å². The van der Waals surface area contributed by atoms with Gasteiger partial charge in [-0.2, -0.15) is 0 Å². The second kappa shape index (κ2) is 6.19. The Morgan fingerprint density at radius 3 is 2.67 bits per heavy atom. The molecule has 0 aliphatic carbocycles. The van der Waals surface area contributed by atoms with E-state index in [1.54, 1.807) is 11.8 Å². The molecule has 2 heterocycles. The molecule has 21 heavy (non-hydrogen) atoms. The molecular weight excluding hydrogens is 276 g/mol. The van der Waals surface area contributed by atoms with Crippen molar-refractivity contribution in [1.29, 1.82) is 0 Å². The Morgan fingerprint density at radius 2 is 2.10 bits per heavy atom. The highest BCUT2D eigenvalue weighted by atomic mass is 16.5. The van der Waals surface area contributed by atoms with E-state index in [2.05, 4.69) is 0 Å². The number of hydrogen-bond donors (Lipinski definition) is 2. The summed E-state index contributed by atoms with van der Waals surface area (Å²) in [6.45, 7) is 4.69. The van der Waals surface area contributed by atoms with Gasteiger partial charge in [-0.15, -0.1) is 0 Å². The number of nitrogens with zero attached hydrogens (tertiary/aromatic N) is 2. The highest BCUT2D eigenvalue weighted by Gasteiger charge is 2.50. The number of aliphatic hydroxyl groups excluding tert-OH is 1. The third-order valence-corrected chi connectivity index (χ3v) is 4.50. The van der Waals surface area contributed by atoms with Crippen LogP contribution in [0.4, 0.5) is 4.79 Å². The summed E-state index contributed by atoms with van der Waals surface area (Å²) in [6, 6.07) is -0.259. The molecule has 2 amide bonds. The van der Waals surface area contributed by atoms with Gasteiger partial charge < -0.3 is 24.7 Å². The number of aliphatic hydroxyl groups is 1. The van der Waals surface area contributed by atoms with Crippen molar-refractivity contribution in [2.75, 3.05) is 26.2 Å². The maximum atomic E-state index is 12.7. The van der Waals surface area contributed by atoms with Gasteiger partial charge in [0.25, 0.3) is 0 Å². The topological polar surface area (TPSA) is 90.3 Å². The summed E-state index contributed by atoms with van der Waals surface area (Å²) in [6.07, 6.45) is 1.03. The van der Waals surface area contributed by atoms with Crippen LogP contribution < -0.4 is 0 Å². The van der Waals surface area contributed by atoms with Gasteiger partial charge in [0, 0.05) is 13.1 Å². The predicted octanol–water partition coefficient (Wildman–Crippen LogP) is 0.517. The fourth-order valence-electron chi connectivity index (χ4n) is 3.37. The number of carboxylic acids is 1. The summed E-state index contributed by atoms with van der Waals surface area (Å²) >= 11 is 0. The molecule has 3 unspecified atom stereocenters. The molecule has 120 valence electrons. The van der Waals surface area contributed by atoms with Crippen LogP contribution in [0.15, 0.2) is 0 Å². The Morgan fingerprint density at radius 1 is 1.38 bits per heavy atom. The largest absolute Gasteiger partial charge is 0.479 e. The van der Waals surface area contributed by atoms with Crippen LogP contribution in [0.2, 0.25) is 0 Å². The summed E-state index contributed by atoms with van der Waals surface area (Å²) in [5.74, 6) is -0.934. The SMILES string of the molecule is CCC1(C(=O)O)CCCN1C(=O)N1CC(C)OC(CO)C1. The third kappa shape index (κ3) is 2.85. The van der Waals surface area contributed by atoms with E-state index < -0.39 is 17.6 Å². The number of carboxylic acid groups (broad SMARTS) is 1. The number of ether oxygens (including phenoxy) is 1. The van der Waals surface area contributed by atoms with Crippen LogP contribution in [0.3, 0.4) is 0 Å². The van der Waals surface area contributed by atoms with E-state index in [0.717, 1.165) is 0 Å². The van der Waals surface area contributed by atoms with Gasteiger partial charge in [0.2, 0.25) is 0 Å². The fourth-order valence-corrected chi connectivity index (χ4v) is 3.37. The van der Waals surface area contributed by atoms with E-state index in [4.69, 9.17) is 4.74 Å². The minimum Gasteiger partial charge on any atom is -0.479 e. The summed E-state index contributed by atoms with van der Waals surface area (Å²) in [4.78, 5) is 27.5. The number of urea groups is 1. The Balaban J connectivity index is 2.16. The van der Waals surface area contributed by atoms with Crippen LogP contribution >= 0.6 is 0 Å². The first-order valence-electron chi connectivity index (χ1n) is 7.51. The number of amides is 2. The van der Waals surface area contributed by atoms with E-state index in [9.17, 15) is 19.8 Å². The van der Waals surface area contributed by atoms with Crippen molar-refractivity contribution in [3.63, 3.8) is 0 Å². The van der Waals surface area contributed by atoms with Crippen LogP contribution in [-0.4, -0.2) is 76.0 Å². The first-order valence-corrected chi connectivity index (χ1v) is 7.51. The molecule has 2 aliphatic heterocycles. The van der Waals surface area contributed by atoms with E-state index >= 15 is 0 Å². The molecule has 0 aromatic rings. The second-order valence-corrected chi connectivity index (χ2v) is 5.88. The number of aliphatic carboxylic acids is 1. The maximum Gasteiger partial charge on any atom is 0.329 e. The highest BCUT2D eigenvalue weighted by molar-refractivity contribution is 5.87. The molecule has 2 aliphatic rings. The van der Waals surface area contributed by atoms with Gasteiger partial charge in [-0.1, -0.05) is 6.92 Å². The van der Waals surface area contributed by atoms with E-state index in [-0.39, 0.29) is 18.7 Å². The lowest BCUT2D eigenvalue weighted by Crippen LogP contribution is -2.60. The first-order chi connectivity index (χ1) is 9.94. The van der Waals surface area contributed by atoms with Crippen molar-refractivity contribution in [2.45, 2.75) is 50.9 Å². The standard InChI is InChI=1S/C14H24N2O5/c1-3-14(12(18)19)5-4-6-16(14)13(20)15-7-10(2)21-11(8-15)9-17/h10-11,17H,3-9H2,1-2H3,(H,18,19). The van der Waals surface area contributed by atoms with Gasteiger partial charge in [-0.25, -0.2) is 9.59 Å². The number of carbonyl (C=O) groups is 2. The van der Waals surface area contributed by atoms with E-state index in [1.807, 2.05) is 6.92 Å². The lowest BCUT2D eigenvalue weighted by Gasteiger charge is -2.41. The lowest BCUT2D eigenvalue weighted by atomic mass is 9.93. The lowest BCUT2D eigenvalue weighted by molar-refractivity contribution is -0.149. The van der Waals surface area contributed by atoms with Gasteiger partial charge in [0.05, 0.1) is 25.4 Å². The fraction of sp³-hybridized carbons (Fsp3) is 0.857. The van der Waals surface area contributed by atoms with Gasteiger partial charge in [0.1, 0.15) is 5.54 Å². The zero-order valence-electron chi connectivity index (χ0n) is 12.6. The Hall–Kier alpha value is -1.34. The monoisotopic (exact) mass is 300 g/mol. The van der Waals surface area contributed by atoms with Crippen molar-refractivity contribution >= 4 is 12.0 Å². The zero-order valence-corrected chi connectivity index (χ0v) is 12.6. The third-order valence-electron chi connectivity index (χ3n) is 4.50. The van der Waals surface area contributed by atoms with Crippen molar-refractivity contribution in [1.82, 2.24) is 9.80 Å². The van der Waals surface area contributed by atoms with Gasteiger partial charge in [0.15, 0.2) is 0 Å². The van der Waals surface area contributed by atoms with Gasteiger partial charge >= 0.3 is 12.0 Å². The van der Waals surface area contributed by atoms with Gasteiger partial charge in [-0.3, -0.25) is 0 Å². The number of hydrogen-bond acceptors (Lipinski definition) is 4. The number of rotatable bonds is 3. The molecule has 2 N–H and O–H groups in total. The van der Waals surface area contributed by atoms with Crippen LogP contribution in [0.25, 0.3) is 0 Å². The molecule has 7 heteroatoms. The molecule has 2 fully saturated rings. The predicted molar refractivity (Wildman–Crippen MR) is 75.0 cm³/mol. The number of carbonyl (C=O) groups excluding carboxylic acids is 1. The smallest absolute Gasteiger partial charge is 0.329 e. The molecule has 0 aromatic heterocycles. The Labute approximate surface area is 124 Å². The normalized spacial score (nSPS) is 33.3. The van der Waals surface area contributed by atoms with Crippen molar-refractivity contribution in [3.8, 4) is 0 Å². The first kappa shape index (κ1) is 16.0. The Kier molecular flexibility index (Phi) is 4.73. The molecule has 0 saturated carbocycles. The summed E-state index contributed by atoms with van der Waals surface area (Å²) in [5.41, 5.74) is -1.09. The molecule has 0 aromatic carbocycles. The quantitative estimate of drug-likeness (QED) is 0.793. The average Bonchev–Trinajstić information content (AvgIpc) is 2.90. The maximum absolute atomic E-state index is 12.7. The van der Waals surface area contributed by atoms with E-state index in [0.29, 0.717) is 38.9 Å². The van der Waals surface area contributed by atoms with Crippen molar-refractivity contribution < 1.29 is 24.5 Å². The average molecular weight is 300 g/mol. The summed E-state index contributed by atoms with van der Waals surface area (Å²) in [5, 5.41) is 18.8. The van der Waals surface area contributed by atoms with Crippen LogP contribution in [0.5, 0.6) is 0 Å². The Bertz CT molecular complexity index is 416. The molecule has 0 bridgehead atoms. The highest BCUT2D eigenvalue weighted by Crippen LogP contribution is 2.34. The summed E-state index contributed by atoms with van der Waals surface area (Å²) in [7, 11) is 0. The van der Waals surface area contributed by atoms with Crippen LogP contribution in [0, 0.1) is 0 Å². The van der Waals surface area contributed by atoms with E-state index in [1.165, 1.54) is 4.90 Å². The van der Waals surface area contributed by atoms with Crippen molar-refractivity contribution in [2.24, 2.45) is 0 Å². The van der Waals surface area contributed by atoms with Crippen LogP contribution in [-0.2, 0) is 9.53 Å². The molecule has 2 rings (SSSR count). The van der Waals surface area contributed by atoms with Gasteiger partial charge in [-0.05, 0) is 26.2 Å². The molecule has 0 spiro atoms. The van der Waals surface area contributed by atoms with Crippen molar-refractivity contribution in [3.05, 3.63) is 0 Å². The minimum absolute atomic E-state index is 0.147. The molecular formula is C14H24N2O5. The zero-order chi connectivity index (χ0) is 15.6.